The molecule has 0 amide bonds. The molecule has 3 rings (SSSR count). The first-order valence-corrected chi connectivity index (χ1v) is 13.9. The van der Waals surface area contributed by atoms with E-state index < -0.39 is 0 Å². The molecule has 200 valence electrons. The number of aromatic nitrogens is 2. The first kappa shape index (κ1) is 30.3. The standard InChI is InChI=1S/C22H26N4.C10H21N/c1-6-9-15(3)12-21-20(7-2)17(5)25-26-22(21)24-14-19-11-8-10-18(13-23)16(19)4;1-4-8(2)7-10-9(3)5-6-11-10/h7-12H,6,14H2,1-5H3,(H,24,26);8-11H,4-7H2,1-3H3/b15-9+,20-7-,21-12+;. The second-order valence-electron chi connectivity index (χ2n) is 10.4. The number of nitriles is 1. The van der Waals surface area contributed by atoms with Crippen LogP contribution in [0.3, 0.4) is 0 Å². The van der Waals surface area contributed by atoms with Crippen LogP contribution in [-0.4, -0.2) is 22.8 Å². The lowest BCUT2D eigenvalue weighted by Gasteiger charge is -2.19. The second kappa shape index (κ2) is 15.3. The van der Waals surface area contributed by atoms with E-state index in [9.17, 15) is 5.26 Å². The number of nitrogens with one attached hydrogen (secondary N) is 2. The van der Waals surface area contributed by atoms with Crippen LogP contribution in [0.4, 0.5) is 5.82 Å². The fourth-order valence-corrected chi connectivity index (χ4v) is 4.79. The zero-order valence-electron chi connectivity index (χ0n) is 24.3. The highest BCUT2D eigenvalue weighted by molar-refractivity contribution is 5.54. The van der Waals surface area contributed by atoms with Crippen molar-refractivity contribution >= 4 is 18.0 Å². The van der Waals surface area contributed by atoms with E-state index >= 15 is 0 Å². The van der Waals surface area contributed by atoms with E-state index in [1.807, 2.05) is 39.0 Å². The van der Waals surface area contributed by atoms with E-state index in [0.29, 0.717) is 12.1 Å². The van der Waals surface area contributed by atoms with Crippen LogP contribution in [0.1, 0.15) is 89.6 Å². The molecule has 2 aromatic rings. The quantitative estimate of drug-likeness (QED) is 0.469. The summed E-state index contributed by atoms with van der Waals surface area (Å²) in [6, 6.07) is 8.83. The number of hydrogen-bond donors (Lipinski definition) is 2. The third-order valence-corrected chi connectivity index (χ3v) is 7.48. The van der Waals surface area contributed by atoms with E-state index in [4.69, 9.17) is 0 Å². The molecule has 2 heterocycles. The van der Waals surface area contributed by atoms with Gasteiger partial charge in [0, 0.05) is 23.0 Å². The Morgan fingerprint density at radius 1 is 1.24 bits per heavy atom. The predicted octanol–water partition coefficient (Wildman–Crippen LogP) is 5.94. The zero-order chi connectivity index (χ0) is 27.4. The number of aryl methyl sites for hydroxylation is 1. The molecule has 0 aliphatic carbocycles. The van der Waals surface area contributed by atoms with E-state index in [0.717, 1.165) is 57.4 Å². The van der Waals surface area contributed by atoms with Gasteiger partial charge in [-0.2, -0.15) is 10.4 Å². The van der Waals surface area contributed by atoms with Gasteiger partial charge in [0.05, 0.1) is 17.3 Å². The van der Waals surface area contributed by atoms with Gasteiger partial charge in [-0.25, -0.2) is 0 Å². The molecule has 37 heavy (non-hydrogen) atoms. The number of anilines is 1. The van der Waals surface area contributed by atoms with Gasteiger partial charge >= 0.3 is 0 Å². The van der Waals surface area contributed by atoms with Crippen molar-refractivity contribution in [3.8, 4) is 6.07 Å². The van der Waals surface area contributed by atoms with Gasteiger partial charge in [0.15, 0.2) is 5.82 Å². The minimum Gasteiger partial charge on any atom is -0.364 e. The zero-order valence-corrected chi connectivity index (χ0v) is 24.3. The summed E-state index contributed by atoms with van der Waals surface area (Å²) in [7, 11) is 0. The lowest BCUT2D eigenvalue weighted by Crippen LogP contribution is -2.33. The SMILES string of the molecule is C/C=c1/c(C)nnc(NCc2cccc(C#N)c2C)/c1=C/C(C)=C/CC.CCC(C)CC1NCCC1C. The largest absolute Gasteiger partial charge is 0.364 e. The van der Waals surface area contributed by atoms with Crippen LogP contribution >= 0.6 is 0 Å². The number of benzene rings is 1. The summed E-state index contributed by atoms with van der Waals surface area (Å²) < 4.78 is 0. The molecule has 5 nitrogen and oxygen atoms in total. The lowest BCUT2D eigenvalue weighted by molar-refractivity contribution is 0.374. The third kappa shape index (κ3) is 8.83. The molecule has 5 heteroatoms. The summed E-state index contributed by atoms with van der Waals surface area (Å²) >= 11 is 0. The molecule has 0 radical (unpaired) electrons. The first-order chi connectivity index (χ1) is 17.7. The van der Waals surface area contributed by atoms with Crippen molar-refractivity contribution in [3.05, 3.63) is 62.7 Å². The Morgan fingerprint density at radius 2 is 2.00 bits per heavy atom. The first-order valence-electron chi connectivity index (χ1n) is 13.9. The summed E-state index contributed by atoms with van der Waals surface area (Å²) in [5.74, 6) is 2.56. The summed E-state index contributed by atoms with van der Waals surface area (Å²) in [5.41, 5.74) is 4.90. The number of hydrogen-bond acceptors (Lipinski definition) is 5. The average Bonchev–Trinajstić information content (AvgIpc) is 3.29. The smallest absolute Gasteiger partial charge is 0.156 e. The fraction of sp³-hybridized carbons (Fsp3) is 0.531. The second-order valence-corrected chi connectivity index (χ2v) is 10.4. The molecule has 1 aromatic carbocycles. The Kier molecular flexibility index (Phi) is 12.5. The summed E-state index contributed by atoms with van der Waals surface area (Å²) in [6.45, 7) is 19.0. The van der Waals surface area contributed by atoms with Crippen molar-refractivity contribution < 1.29 is 0 Å². The van der Waals surface area contributed by atoms with Crippen LogP contribution < -0.4 is 21.1 Å². The number of nitrogens with zero attached hydrogens (tertiary/aromatic N) is 3. The van der Waals surface area contributed by atoms with Crippen LogP contribution in [0.25, 0.3) is 12.2 Å². The highest BCUT2D eigenvalue weighted by Gasteiger charge is 2.23. The van der Waals surface area contributed by atoms with Crippen LogP contribution in [-0.2, 0) is 6.54 Å². The van der Waals surface area contributed by atoms with Crippen molar-refractivity contribution in [2.24, 2.45) is 11.8 Å². The van der Waals surface area contributed by atoms with Crippen LogP contribution in [0.15, 0.2) is 29.8 Å². The van der Waals surface area contributed by atoms with E-state index in [1.165, 1.54) is 31.4 Å². The third-order valence-electron chi connectivity index (χ3n) is 7.48. The normalized spacial score (nSPS) is 19.3. The fourth-order valence-electron chi connectivity index (χ4n) is 4.79. The molecule has 0 saturated carbocycles. The molecule has 1 aliphatic rings. The van der Waals surface area contributed by atoms with Gasteiger partial charge in [0.1, 0.15) is 0 Å². The Balaban J connectivity index is 0.000000364. The Bertz CT molecular complexity index is 1200. The molecule has 3 unspecified atom stereocenters. The molecule has 1 aromatic heterocycles. The summed E-state index contributed by atoms with van der Waals surface area (Å²) in [4.78, 5) is 0. The lowest BCUT2D eigenvalue weighted by atomic mass is 9.92. The maximum Gasteiger partial charge on any atom is 0.156 e. The van der Waals surface area contributed by atoms with Gasteiger partial charge in [-0.3, -0.25) is 0 Å². The molecular weight excluding hydrogens is 454 g/mol. The van der Waals surface area contributed by atoms with Gasteiger partial charge in [-0.05, 0) is 88.6 Å². The highest BCUT2D eigenvalue weighted by Crippen LogP contribution is 2.22. The van der Waals surface area contributed by atoms with Gasteiger partial charge < -0.3 is 10.6 Å². The Morgan fingerprint density at radius 3 is 2.59 bits per heavy atom. The van der Waals surface area contributed by atoms with Crippen molar-refractivity contribution in [1.82, 2.24) is 15.5 Å². The van der Waals surface area contributed by atoms with Gasteiger partial charge in [0.2, 0.25) is 0 Å². The molecule has 0 bridgehead atoms. The molecule has 1 saturated heterocycles. The molecule has 0 spiro atoms. The van der Waals surface area contributed by atoms with E-state index in [-0.39, 0.29) is 0 Å². The molecule has 1 aliphatic heterocycles. The van der Waals surface area contributed by atoms with Gasteiger partial charge in [-0.15, -0.1) is 5.10 Å². The van der Waals surface area contributed by atoms with Crippen LogP contribution in [0.5, 0.6) is 0 Å². The Hall–Kier alpha value is -2.97. The minimum absolute atomic E-state index is 0.597. The van der Waals surface area contributed by atoms with Gasteiger partial charge in [-0.1, -0.05) is 64.0 Å². The minimum atomic E-state index is 0.597. The number of allylic oxidation sites excluding steroid dienone is 2. The van der Waals surface area contributed by atoms with Crippen molar-refractivity contribution in [1.29, 1.82) is 5.26 Å². The molecule has 3 atom stereocenters. The van der Waals surface area contributed by atoms with E-state index in [1.54, 1.807) is 0 Å². The molecular formula is C32H47N5. The predicted molar refractivity (Wildman–Crippen MR) is 158 cm³/mol. The summed E-state index contributed by atoms with van der Waals surface area (Å²) in [5, 5.41) is 27.0. The maximum atomic E-state index is 9.21. The van der Waals surface area contributed by atoms with Crippen molar-refractivity contribution in [2.75, 3.05) is 11.9 Å². The average molecular weight is 502 g/mol. The van der Waals surface area contributed by atoms with Crippen LogP contribution in [0, 0.1) is 37.0 Å². The maximum absolute atomic E-state index is 9.21. The highest BCUT2D eigenvalue weighted by atomic mass is 15.2. The van der Waals surface area contributed by atoms with Gasteiger partial charge in [0.25, 0.3) is 0 Å². The molecule has 1 fully saturated rings. The monoisotopic (exact) mass is 501 g/mol. The summed E-state index contributed by atoms with van der Waals surface area (Å²) in [6.07, 6.45) is 11.5. The molecule has 2 N–H and O–H groups in total. The number of rotatable bonds is 8. The Labute approximate surface area is 224 Å². The van der Waals surface area contributed by atoms with E-state index in [2.05, 4.69) is 79.7 Å². The van der Waals surface area contributed by atoms with Crippen LogP contribution in [0.2, 0.25) is 0 Å². The van der Waals surface area contributed by atoms with Crippen molar-refractivity contribution in [3.63, 3.8) is 0 Å². The van der Waals surface area contributed by atoms with Crippen molar-refractivity contribution in [2.45, 2.75) is 93.7 Å². The topological polar surface area (TPSA) is 73.6 Å².